The first-order valence-electron chi connectivity index (χ1n) is 9.06. The highest BCUT2D eigenvalue weighted by atomic mass is 35.5. The van der Waals surface area contributed by atoms with Gasteiger partial charge in [0.2, 0.25) is 0 Å². The summed E-state index contributed by atoms with van der Waals surface area (Å²) in [5.74, 6) is -0.352. The lowest BCUT2D eigenvalue weighted by molar-refractivity contribution is 0.101. The van der Waals surface area contributed by atoms with Gasteiger partial charge in [-0.15, -0.1) is 0 Å². The van der Waals surface area contributed by atoms with Crippen molar-refractivity contribution in [1.29, 1.82) is 0 Å². The van der Waals surface area contributed by atoms with Crippen molar-refractivity contribution < 1.29 is 18.0 Å². The van der Waals surface area contributed by atoms with E-state index in [9.17, 15) is 18.0 Å². The van der Waals surface area contributed by atoms with Crippen LogP contribution >= 0.6 is 11.6 Å². The molecule has 0 aliphatic rings. The summed E-state index contributed by atoms with van der Waals surface area (Å²) in [5.41, 5.74) is 1.70. The van der Waals surface area contributed by atoms with Crippen molar-refractivity contribution in [3.8, 4) is 0 Å². The maximum absolute atomic E-state index is 12.7. The number of hydrogen-bond donors (Lipinski definition) is 3. The zero-order valence-corrected chi connectivity index (χ0v) is 18.1. The molecule has 0 aliphatic carbocycles. The normalized spacial score (nSPS) is 11.5. The Morgan fingerprint density at radius 2 is 1.70 bits per heavy atom. The average molecular weight is 449 g/mol. The highest BCUT2D eigenvalue weighted by Crippen LogP contribution is 2.23. The summed E-state index contributed by atoms with van der Waals surface area (Å²) >= 11 is 6.01. The SMILES string of the molecule is CC(C)NC(=O)NS(=O)(=O)c1ccc(NC(=O)c2cc3cc(Cl)ccc3n2C)cc1. The third kappa shape index (κ3) is 4.74. The third-order valence-electron chi connectivity index (χ3n) is 4.31. The number of benzene rings is 2. The summed E-state index contributed by atoms with van der Waals surface area (Å²) in [5, 5.41) is 6.59. The Morgan fingerprint density at radius 3 is 2.33 bits per heavy atom. The van der Waals surface area contributed by atoms with E-state index in [0.717, 1.165) is 10.9 Å². The quantitative estimate of drug-likeness (QED) is 0.555. The van der Waals surface area contributed by atoms with Gasteiger partial charge in [-0.05, 0) is 62.4 Å². The zero-order chi connectivity index (χ0) is 22.1. The fraction of sp³-hybridized carbons (Fsp3) is 0.200. The summed E-state index contributed by atoms with van der Waals surface area (Å²) in [4.78, 5) is 24.2. The van der Waals surface area contributed by atoms with Gasteiger partial charge in [-0.2, -0.15) is 0 Å². The van der Waals surface area contributed by atoms with Crippen molar-refractivity contribution in [2.45, 2.75) is 24.8 Å². The summed E-state index contributed by atoms with van der Waals surface area (Å²) < 4.78 is 28.2. The average Bonchev–Trinajstić information content (AvgIpc) is 2.97. The van der Waals surface area contributed by atoms with E-state index in [1.54, 1.807) is 43.7 Å². The molecular weight excluding hydrogens is 428 g/mol. The molecule has 0 radical (unpaired) electrons. The number of carbonyl (C=O) groups excluding carboxylic acids is 2. The first kappa shape index (κ1) is 21.7. The fourth-order valence-corrected chi connectivity index (χ4v) is 4.02. The number of fused-ring (bicyclic) bond motifs is 1. The summed E-state index contributed by atoms with van der Waals surface area (Å²) in [7, 11) is -2.25. The highest BCUT2D eigenvalue weighted by molar-refractivity contribution is 7.90. The highest BCUT2D eigenvalue weighted by Gasteiger charge is 2.19. The predicted octanol–water partition coefficient (Wildman–Crippen LogP) is 3.48. The van der Waals surface area contributed by atoms with E-state index in [1.807, 2.05) is 10.8 Å². The minimum Gasteiger partial charge on any atom is -0.340 e. The van der Waals surface area contributed by atoms with E-state index in [0.29, 0.717) is 16.4 Å². The van der Waals surface area contributed by atoms with Gasteiger partial charge in [0, 0.05) is 34.7 Å². The lowest BCUT2D eigenvalue weighted by Gasteiger charge is -2.11. The number of halogens is 1. The molecule has 1 heterocycles. The van der Waals surface area contributed by atoms with Gasteiger partial charge >= 0.3 is 6.03 Å². The van der Waals surface area contributed by atoms with Crippen LogP contribution in [0.25, 0.3) is 10.9 Å². The lowest BCUT2D eigenvalue weighted by atomic mass is 10.2. The topological polar surface area (TPSA) is 109 Å². The van der Waals surface area contributed by atoms with Gasteiger partial charge < -0.3 is 15.2 Å². The van der Waals surface area contributed by atoms with Crippen molar-refractivity contribution in [2.24, 2.45) is 7.05 Å². The summed E-state index contributed by atoms with van der Waals surface area (Å²) in [6, 6.07) is 11.6. The van der Waals surface area contributed by atoms with Crippen LogP contribution in [0.3, 0.4) is 0 Å². The third-order valence-corrected chi connectivity index (χ3v) is 5.89. The first-order chi connectivity index (χ1) is 14.1. The molecule has 3 rings (SSSR count). The standard InChI is InChI=1S/C20H21ClN4O4S/c1-12(2)22-20(27)24-30(28,29)16-7-5-15(6-8-16)23-19(26)18-11-13-10-14(21)4-9-17(13)25(18)3/h4-12H,1-3H3,(H,23,26)(H2,22,24,27). The predicted molar refractivity (Wildman–Crippen MR) is 116 cm³/mol. The van der Waals surface area contributed by atoms with Crippen LogP contribution < -0.4 is 15.4 Å². The van der Waals surface area contributed by atoms with Crippen LogP contribution in [-0.4, -0.2) is 31.0 Å². The number of sulfonamides is 1. The second kappa shape index (κ2) is 8.37. The second-order valence-electron chi connectivity index (χ2n) is 7.00. The minimum absolute atomic E-state index is 0.0985. The van der Waals surface area contributed by atoms with Crippen molar-refractivity contribution in [3.05, 3.63) is 59.2 Å². The van der Waals surface area contributed by atoms with Crippen LogP contribution in [0.2, 0.25) is 5.02 Å². The van der Waals surface area contributed by atoms with Crippen molar-refractivity contribution in [3.63, 3.8) is 0 Å². The molecule has 1 aromatic heterocycles. The molecule has 0 saturated carbocycles. The molecule has 0 bridgehead atoms. The molecule has 30 heavy (non-hydrogen) atoms. The van der Waals surface area contributed by atoms with Crippen LogP contribution in [0.15, 0.2) is 53.4 Å². The summed E-state index contributed by atoms with van der Waals surface area (Å²) in [6.07, 6.45) is 0. The van der Waals surface area contributed by atoms with E-state index in [1.165, 1.54) is 24.3 Å². The van der Waals surface area contributed by atoms with Crippen molar-refractivity contribution >= 4 is 50.2 Å². The maximum atomic E-state index is 12.7. The molecule has 0 fully saturated rings. The number of anilines is 1. The van der Waals surface area contributed by atoms with Gasteiger partial charge in [-0.1, -0.05) is 11.6 Å². The molecular formula is C20H21ClN4O4S. The molecule has 8 nitrogen and oxygen atoms in total. The van der Waals surface area contributed by atoms with Crippen molar-refractivity contribution in [1.82, 2.24) is 14.6 Å². The Balaban J connectivity index is 1.75. The van der Waals surface area contributed by atoms with E-state index in [2.05, 4.69) is 10.6 Å². The molecule has 10 heteroatoms. The fourth-order valence-electron chi connectivity index (χ4n) is 2.92. The number of hydrogen-bond acceptors (Lipinski definition) is 4. The van der Waals surface area contributed by atoms with Crippen molar-refractivity contribution in [2.75, 3.05) is 5.32 Å². The number of nitrogens with one attached hydrogen (secondary N) is 3. The van der Waals surface area contributed by atoms with Crippen LogP contribution in [0.1, 0.15) is 24.3 Å². The molecule has 3 N–H and O–H groups in total. The molecule has 0 spiro atoms. The number of amides is 3. The van der Waals surface area contributed by atoms with E-state index >= 15 is 0 Å². The molecule has 158 valence electrons. The van der Waals surface area contributed by atoms with Gasteiger partial charge in [0.15, 0.2) is 0 Å². The zero-order valence-electron chi connectivity index (χ0n) is 16.6. The molecule has 0 aliphatic heterocycles. The van der Waals surface area contributed by atoms with E-state index in [4.69, 9.17) is 11.6 Å². The van der Waals surface area contributed by atoms with Gasteiger partial charge in [0.25, 0.3) is 15.9 Å². The second-order valence-corrected chi connectivity index (χ2v) is 9.12. The summed E-state index contributed by atoms with van der Waals surface area (Å²) in [6.45, 7) is 3.43. The number of rotatable bonds is 5. The monoisotopic (exact) mass is 448 g/mol. The minimum atomic E-state index is -4.02. The van der Waals surface area contributed by atoms with Gasteiger partial charge in [-0.25, -0.2) is 17.9 Å². The Hall–Kier alpha value is -3.04. The number of carbonyl (C=O) groups is 2. The Morgan fingerprint density at radius 1 is 1.03 bits per heavy atom. The van der Waals surface area contributed by atoms with Gasteiger partial charge in [-0.3, -0.25) is 4.79 Å². The van der Waals surface area contributed by atoms with Gasteiger partial charge in [0.05, 0.1) is 4.90 Å². The van der Waals surface area contributed by atoms with Crippen LogP contribution in [-0.2, 0) is 17.1 Å². The van der Waals surface area contributed by atoms with Gasteiger partial charge in [0.1, 0.15) is 5.69 Å². The largest absolute Gasteiger partial charge is 0.340 e. The van der Waals surface area contributed by atoms with E-state index in [-0.39, 0.29) is 16.8 Å². The van der Waals surface area contributed by atoms with E-state index < -0.39 is 16.1 Å². The Labute approximate surface area is 179 Å². The molecule has 3 amide bonds. The molecule has 0 saturated heterocycles. The lowest BCUT2D eigenvalue weighted by Crippen LogP contribution is -2.42. The first-order valence-corrected chi connectivity index (χ1v) is 10.9. The smallest absolute Gasteiger partial charge is 0.328 e. The molecule has 0 unspecified atom stereocenters. The molecule has 2 aromatic carbocycles. The number of aryl methyl sites for hydroxylation is 1. The van der Waals surface area contributed by atoms with Crippen LogP contribution in [0, 0.1) is 0 Å². The Kier molecular flexibility index (Phi) is 6.04. The maximum Gasteiger partial charge on any atom is 0.328 e. The van der Waals surface area contributed by atoms with Crippen LogP contribution in [0.4, 0.5) is 10.5 Å². The number of urea groups is 1. The molecule has 3 aromatic rings. The van der Waals surface area contributed by atoms with Crippen LogP contribution in [0.5, 0.6) is 0 Å². The number of aromatic nitrogens is 1. The number of nitrogens with zero attached hydrogens (tertiary/aromatic N) is 1. The molecule has 0 atom stereocenters. The Bertz CT molecular complexity index is 1220.